The van der Waals surface area contributed by atoms with Gasteiger partial charge in [-0.2, -0.15) is 0 Å². The van der Waals surface area contributed by atoms with Crippen molar-refractivity contribution >= 4 is 27.5 Å². The lowest BCUT2D eigenvalue weighted by Crippen LogP contribution is -2.62. The molecule has 0 atom stereocenters. The number of benzene rings is 2. The fraction of sp³-hybridized carbons (Fsp3) is 0.538. The third-order valence-corrected chi connectivity index (χ3v) is 15.4. The summed E-state index contributed by atoms with van der Waals surface area (Å²) in [5.41, 5.74) is 1.55. The van der Waals surface area contributed by atoms with Crippen LogP contribution in [0.2, 0.25) is 11.1 Å². The maximum Gasteiger partial charge on any atom is 0.406 e. The second-order valence-electron chi connectivity index (χ2n) is 8.85. The Labute approximate surface area is 196 Å². The lowest BCUT2D eigenvalue weighted by atomic mass is 10.3. The minimum Gasteiger partial charge on any atom is -0.397 e. The van der Waals surface area contributed by atoms with Gasteiger partial charge in [0.25, 0.3) is 0 Å². The molecule has 2 aromatic carbocycles. The fourth-order valence-corrected chi connectivity index (χ4v) is 13.1. The molecular weight excluding hydrogens is 432 g/mol. The highest BCUT2D eigenvalue weighted by atomic mass is 28.4. The van der Waals surface area contributed by atoms with Crippen LogP contribution >= 0.6 is 0 Å². The molecule has 2 aliphatic rings. The van der Waals surface area contributed by atoms with E-state index in [4.69, 9.17) is 17.7 Å². The first kappa shape index (κ1) is 25.3. The van der Waals surface area contributed by atoms with Gasteiger partial charge in [0.05, 0.1) is 0 Å². The van der Waals surface area contributed by atoms with Crippen LogP contribution in [-0.4, -0.2) is 45.6 Å². The zero-order chi connectivity index (χ0) is 22.9. The van der Waals surface area contributed by atoms with Crippen LogP contribution in [-0.2, 0) is 17.7 Å². The summed E-state index contributed by atoms with van der Waals surface area (Å²) < 4.78 is 23.5. The molecule has 0 saturated heterocycles. The van der Waals surface area contributed by atoms with Crippen molar-refractivity contribution in [3.63, 3.8) is 0 Å². The molecule has 0 bridgehead atoms. The molecule has 0 spiro atoms. The average Bonchev–Trinajstić information content (AvgIpc) is 3.59. The Morgan fingerprint density at radius 3 is 1.16 bits per heavy atom. The summed E-state index contributed by atoms with van der Waals surface area (Å²) in [5.74, 6) is 0. The Kier molecular flexibility index (Phi) is 9.70. The summed E-state index contributed by atoms with van der Waals surface area (Å²) in [5, 5.41) is 2.24. The Balaban J connectivity index is 0.000000182. The normalized spacial score (nSPS) is 17.9. The quantitative estimate of drug-likeness (QED) is 0.498. The Morgan fingerprint density at radius 1 is 0.531 bits per heavy atom. The Morgan fingerprint density at radius 2 is 0.875 bits per heavy atom. The SMILES string of the molecule is CO[Si](OC)(C1CCCC1)C1CCCC1.CO[Si](OC)(c1ccccc1)c1ccccc1. The minimum atomic E-state index is -2.50. The molecule has 2 aromatic rings. The van der Waals surface area contributed by atoms with E-state index in [1.807, 2.05) is 50.6 Å². The predicted molar refractivity (Wildman–Crippen MR) is 136 cm³/mol. The van der Waals surface area contributed by atoms with E-state index in [1.54, 1.807) is 14.2 Å². The van der Waals surface area contributed by atoms with Gasteiger partial charge in [0.1, 0.15) is 0 Å². The predicted octanol–water partition coefficient (Wildman–Crippen LogP) is 5.15. The van der Waals surface area contributed by atoms with E-state index in [2.05, 4.69) is 24.3 Å². The van der Waals surface area contributed by atoms with E-state index in [0.717, 1.165) is 21.5 Å². The summed E-state index contributed by atoms with van der Waals surface area (Å²) in [7, 11) is 2.85. The zero-order valence-corrected chi connectivity index (χ0v) is 22.2. The standard InChI is InChI=1S/C14H16O2Si.C12H24O2Si/c1-15-17(16-2,13-9-5-3-6-10-13)14-11-7-4-8-12-14;1-13-15(14-2,11-7-3-4-8-11)12-9-5-6-10-12/h3-12H,1-2H3;11-12H,3-10H2,1-2H3. The van der Waals surface area contributed by atoms with Crippen LogP contribution < -0.4 is 10.4 Å². The maximum atomic E-state index is 5.97. The van der Waals surface area contributed by atoms with Gasteiger partial charge in [-0.05, 0) is 36.1 Å². The van der Waals surface area contributed by atoms with E-state index in [1.165, 1.54) is 51.4 Å². The van der Waals surface area contributed by atoms with Gasteiger partial charge in [0.15, 0.2) is 0 Å². The van der Waals surface area contributed by atoms with Crippen LogP contribution in [0.3, 0.4) is 0 Å². The molecule has 0 unspecified atom stereocenters. The van der Waals surface area contributed by atoms with Crippen molar-refractivity contribution in [3.8, 4) is 0 Å². The highest BCUT2D eigenvalue weighted by Crippen LogP contribution is 2.50. The van der Waals surface area contributed by atoms with Crippen molar-refractivity contribution in [2.24, 2.45) is 0 Å². The molecule has 6 heteroatoms. The summed E-state index contributed by atoms with van der Waals surface area (Å²) in [6.45, 7) is 0. The maximum absolute atomic E-state index is 5.97. The van der Waals surface area contributed by atoms with E-state index in [0.29, 0.717) is 0 Å². The lowest BCUT2D eigenvalue weighted by molar-refractivity contribution is 0.214. The minimum absolute atomic E-state index is 0.774. The van der Waals surface area contributed by atoms with Crippen LogP contribution in [0, 0.1) is 0 Å². The summed E-state index contributed by atoms with van der Waals surface area (Å²) >= 11 is 0. The number of hydrogen-bond donors (Lipinski definition) is 0. The smallest absolute Gasteiger partial charge is 0.397 e. The molecule has 32 heavy (non-hydrogen) atoms. The molecular formula is C26H40O4Si2. The monoisotopic (exact) mass is 472 g/mol. The molecule has 0 aliphatic heterocycles. The van der Waals surface area contributed by atoms with Gasteiger partial charge in [0.2, 0.25) is 0 Å². The summed E-state index contributed by atoms with van der Waals surface area (Å²) in [4.78, 5) is 0. The van der Waals surface area contributed by atoms with Gasteiger partial charge >= 0.3 is 17.1 Å². The van der Waals surface area contributed by atoms with Crippen LogP contribution in [0.15, 0.2) is 60.7 Å². The van der Waals surface area contributed by atoms with Crippen molar-refractivity contribution in [1.82, 2.24) is 0 Å². The van der Waals surface area contributed by atoms with Crippen molar-refractivity contribution in [2.75, 3.05) is 28.4 Å². The Hall–Kier alpha value is -1.29. The van der Waals surface area contributed by atoms with Crippen LogP contribution in [0.4, 0.5) is 0 Å². The molecule has 0 radical (unpaired) electrons. The first-order valence-corrected chi connectivity index (χ1v) is 15.8. The van der Waals surface area contributed by atoms with Crippen molar-refractivity contribution < 1.29 is 17.7 Å². The van der Waals surface area contributed by atoms with Crippen LogP contribution in [0.5, 0.6) is 0 Å². The van der Waals surface area contributed by atoms with Gasteiger partial charge in [0, 0.05) is 39.5 Å². The lowest BCUT2D eigenvalue weighted by Gasteiger charge is -2.37. The molecule has 2 aliphatic carbocycles. The van der Waals surface area contributed by atoms with Gasteiger partial charge in [-0.15, -0.1) is 0 Å². The molecule has 2 fully saturated rings. The van der Waals surface area contributed by atoms with E-state index >= 15 is 0 Å². The van der Waals surface area contributed by atoms with Gasteiger partial charge in [-0.3, -0.25) is 0 Å². The molecule has 0 aromatic heterocycles. The summed E-state index contributed by atoms with van der Waals surface area (Å²) in [6, 6.07) is 20.3. The first-order chi connectivity index (χ1) is 15.7. The molecule has 2 saturated carbocycles. The molecule has 176 valence electrons. The fourth-order valence-electron chi connectivity index (χ4n) is 5.78. The highest BCUT2D eigenvalue weighted by Gasteiger charge is 2.52. The zero-order valence-electron chi connectivity index (χ0n) is 20.2. The van der Waals surface area contributed by atoms with Crippen LogP contribution in [0.25, 0.3) is 0 Å². The topological polar surface area (TPSA) is 36.9 Å². The van der Waals surface area contributed by atoms with Gasteiger partial charge in [-0.25, -0.2) is 0 Å². The molecule has 4 nitrogen and oxygen atoms in total. The van der Waals surface area contributed by atoms with Gasteiger partial charge < -0.3 is 17.7 Å². The van der Waals surface area contributed by atoms with E-state index in [-0.39, 0.29) is 0 Å². The third-order valence-electron chi connectivity index (χ3n) is 7.37. The Bertz CT molecular complexity index is 707. The van der Waals surface area contributed by atoms with E-state index in [9.17, 15) is 0 Å². The number of rotatable bonds is 8. The number of hydrogen-bond acceptors (Lipinski definition) is 4. The third kappa shape index (κ3) is 5.27. The molecule has 0 heterocycles. The van der Waals surface area contributed by atoms with E-state index < -0.39 is 17.1 Å². The molecule has 0 N–H and O–H groups in total. The molecule has 0 amide bonds. The van der Waals surface area contributed by atoms with Crippen molar-refractivity contribution in [1.29, 1.82) is 0 Å². The summed E-state index contributed by atoms with van der Waals surface area (Å²) in [6.07, 6.45) is 11.0. The largest absolute Gasteiger partial charge is 0.406 e. The van der Waals surface area contributed by atoms with Gasteiger partial charge in [-0.1, -0.05) is 86.3 Å². The second kappa shape index (κ2) is 12.3. The average molecular weight is 473 g/mol. The second-order valence-corrected chi connectivity index (χ2v) is 15.9. The van der Waals surface area contributed by atoms with Crippen molar-refractivity contribution in [2.45, 2.75) is 62.4 Å². The first-order valence-electron chi connectivity index (χ1n) is 12.0. The molecule has 4 rings (SSSR count). The highest BCUT2D eigenvalue weighted by molar-refractivity contribution is 6.92. The van der Waals surface area contributed by atoms with Crippen LogP contribution in [0.1, 0.15) is 51.4 Å². The van der Waals surface area contributed by atoms with Crippen molar-refractivity contribution in [3.05, 3.63) is 60.7 Å².